The summed E-state index contributed by atoms with van der Waals surface area (Å²) in [4.78, 5) is 12.6. The van der Waals surface area contributed by atoms with Crippen LogP contribution in [0.4, 0.5) is 0 Å². The molecule has 0 amide bonds. The van der Waals surface area contributed by atoms with Crippen molar-refractivity contribution in [2.75, 3.05) is 7.11 Å². The molecule has 0 aromatic heterocycles. The van der Waals surface area contributed by atoms with Gasteiger partial charge >= 0.3 is 5.97 Å². The van der Waals surface area contributed by atoms with Crippen LogP contribution in [-0.2, 0) is 0 Å². The van der Waals surface area contributed by atoms with Gasteiger partial charge < -0.3 is 19.9 Å². The molecule has 1 unspecified atom stereocenters. The topological polar surface area (TPSA) is 94.6 Å². The van der Waals surface area contributed by atoms with Gasteiger partial charge in [-0.25, -0.2) is 4.79 Å². The predicted octanol–water partition coefficient (Wildman–Crippen LogP) is 5.55. The number of nitrogens with two attached hydrogens (primary N) is 1. The Bertz CT molecular complexity index is 1300. The molecule has 3 aromatic carbocycles. The van der Waals surface area contributed by atoms with E-state index in [4.69, 9.17) is 31.5 Å². The molecule has 4 rings (SSSR count). The number of hydrogen-bond donors (Lipinski definition) is 1. The van der Waals surface area contributed by atoms with Gasteiger partial charge in [-0.05, 0) is 35.9 Å². The molecule has 0 spiro atoms. The summed E-state index contributed by atoms with van der Waals surface area (Å²) in [5.41, 5.74) is 8.23. The number of fused-ring (bicyclic) bond motifs is 1. The van der Waals surface area contributed by atoms with E-state index in [0.29, 0.717) is 22.1 Å². The Kier molecular flexibility index (Phi) is 6.08. The van der Waals surface area contributed by atoms with Crippen LogP contribution in [0.1, 0.15) is 27.4 Å². The smallest absolute Gasteiger partial charge is 0.343 e. The van der Waals surface area contributed by atoms with Crippen LogP contribution < -0.4 is 19.9 Å². The Morgan fingerprint density at radius 2 is 1.94 bits per heavy atom. The summed E-state index contributed by atoms with van der Waals surface area (Å²) < 4.78 is 17.1. The maximum Gasteiger partial charge on any atom is 0.343 e. The molecule has 1 aliphatic heterocycles. The van der Waals surface area contributed by atoms with Gasteiger partial charge in [-0.15, -0.1) is 0 Å². The minimum absolute atomic E-state index is 0.00571. The van der Waals surface area contributed by atoms with Gasteiger partial charge in [-0.3, -0.25) is 0 Å². The first-order valence-corrected chi connectivity index (χ1v) is 10.6. The maximum absolute atomic E-state index is 12.6. The van der Waals surface area contributed by atoms with Crippen molar-refractivity contribution in [3.8, 4) is 23.3 Å². The van der Waals surface area contributed by atoms with Crippen LogP contribution >= 0.6 is 27.5 Å². The Labute approximate surface area is 197 Å². The predicted molar refractivity (Wildman–Crippen MR) is 123 cm³/mol. The summed E-state index contributed by atoms with van der Waals surface area (Å²) in [6.45, 7) is 0. The molecule has 0 radical (unpaired) electrons. The zero-order valence-electron chi connectivity index (χ0n) is 16.8. The van der Waals surface area contributed by atoms with Crippen LogP contribution in [0.3, 0.4) is 0 Å². The van der Waals surface area contributed by atoms with Crippen molar-refractivity contribution in [3.63, 3.8) is 0 Å². The molecule has 160 valence electrons. The highest BCUT2D eigenvalue weighted by Crippen LogP contribution is 2.45. The largest absolute Gasteiger partial charge is 0.495 e. The van der Waals surface area contributed by atoms with Gasteiger partial charge in [0, 0.05) is 16.1 Å². The van der Waals surface area contributed by atoms with Crippen LogP contribution in [0, 0.1) is 11.3 Å². The number of esters is 1. The molecule has 32 heavy (non-hydrogen) atoms. The third-order valence-electron chi connectivity index (χ3n) is 5.00. The number of allylic oxidation sites excluding steroid dienone is 1. The number of ether oxygens (including phenoxy) is 3. The van der Waals surface area contributed by atoms with Crippen molar-refractivity contribution in [2.45, 2.75) is 5.92 Å². The molecule has 0 bridgehead atoms. The van der Waals surface area contributed by atoms with E-state index < -0.39 is 11.9 Å². The molecule has 6 nitrogen and oxygen atoms in total. The first-order valence-electron chi connectivity index (χ1n) is 9.44. The van der Waals surface area contributed by atoms with Crippen molar-refractivity contribution in [1.82, 2.24) is 0 Å². The van der Waals surface area contributed by atoms with Crippen LogP contribution in [0.5, 0.6) is 17.2 Å². The first kappa shape index (κ1) is 21.8. The lowest BCUT2D eigenvalue weighted by Crippen LogP contribution is -2.21. The number of nitrogens with zero attached hydrogens (tertiary/aromatic N) is 1. The van der Waals surface area contributed by atoms with Gasteiger partial charge in [0.25, 0.3) is 0 Å². The number of carbonyl (C=O) groups excluding carboxylic acids is 1. The van der Waals surface area contributed by atoms with E-state index in [1.165, 1.54) is 13.2 Å². The number of carbonyl (C=O) groups is 1. The molecular formula is C24H16BrClN2O4. The molecule has 0 saturated heterocycles. The molecule has 2 N–H and O–H groups in total. The number of nitriles is 1. The van der Waals surface area contributed by atoms with Gasteiger partial charge in [0.05, 0.1) is 23.6 Å². The minimum atomic E-state index is -0.589. The molecule has 8 heteroatoms. The number of methoxy groups -OCH3 is 1. The van der Waals surface area contributed by atoms with E-state index in [-0.39, 0.29) is 17.2 Å². The molecule has 1 atom stereocenters. The fourth-order valence-corrected chi connectivity index (χ4v) is 4.26. The van der Waals surface area contributed by atoms with E-state index in [2.05, 4.69) is 22.0 Å². The summed E-state index contributed by atoms with van der Waals surface area (Å²) in [5.74, 6) is 0.115. The number of rotatable bonds is 4. The van der Waals surface area contributed by atoms with Crippen molar-refractivity contribution < 1.29 is 19.0 Å². The first-order chi connectivity index (χ1) is 15.4. The summed E-state index contributed by atoms with van der Waals surface area (Å²) in [6, 6.07) is 19.3. The Morgan fingerprint density at radius 3 is 2.62 bits per heavy atom. The molecule has 1 aliphatic rings. The molecule has 3 aromatic rings. The fraction of sp³-hybridized carbons (Fsp3) is 0.0833. The van der Waals surface area contributed by atoms with Crippen molar-refractivity contribution in [1.29, 1.82) is 5.26 Å². The van der Waals surface area contributed by atoms with E-state index in [1.54, 1.807) is 30.3 Å². The van der Waals surface area contributed by atoms with Gasteiger partial charge in [-0.2, -0.15) is 5.26 Å². The van der Waals surface area contributed by atoms with E-state index >= 15 is 0 Å². The SMILES string of the molecule is COc1ccc(C(=O)Oc2ccc3c(c2)OC(N)=C(C#N)C3c2ccccc2Br)cc1Cl. The zero-order valence-corrected chi connectivity index (χ0v) is 19.1. The number of hydrogen-bond acceptors (Lipinski definition) is 6. The highest BCUT2D eigenvalue weighted by molar-refractivity contribution is 9.10. The fourth-order valence-electron chi connectivity index (χ4n) is 3.49. The average molecular weight is 512 g/mol. The molecule has 0 fully saturated rings. The lowest BCUT2D eigenvalue weighted by atomic mass is 9.83. The van der Waals surface area contributed by atoms with Crippen LogP contribution in [0.15, 0.2) is 76.6 Å². The van der Waals surface area contributed by atoms with Crippen LogP contribution in [0.2, 0.25) is 5.02 Å². The molecular weight excluding hydrogens is 496 g/mol. The highest BCUT2D eigenvalue weighted by Gasteiger charge is 2.32. The monoisotopic (exact) mass is 510 g/mol. The second-order valence-electron chi connectivity index (χ2n) is 6.88. The lowest BCUT2D eigenvalue weighted by Gasteiger charge is -2.27. The number of halogens is 2. The minimum Gasteiger partial charge on any atom is -0.495 e. The summed E-state index contributed by atoms with van der Waals surface area (Å²) in [5, 5.41) is 10.00. The second-order valence-corrected chi connectivity index (χ2v) is 8.15. The average Bonchev–Trinajstić information content (AvgIpc) is 2.78. The van der Waals surface area contributed by atoms with Gasteiger partial charge in [-0.1, -0.05) is 51.8 Å². The van der Waals surface area contributed by atoms with Crippen LogP contribution in [0.25, 0.3) is 0 Å². The van der Waals surface area contributed by atoms with Crippen molar-refractivity contribution >= 4 is 33.5 Å². The quantitative estimate of drug-likeness (QED) is 0.365. The summed E-state index contributed by atoms with van der Waals surface area (Å²) >= 11 is 9.65. The highest BCUT2D eigenvalue weighted by atomic mass is 79.9. The molecule has 1 heterocycles. The van der Waals surface area contributed by atoms with Crippen LogP contribution in [-0.4, -0.2) is 13.1 Å². The van der Waals surface area contributed by atoms with Gasteiger partial charge in [0.1, 0.15) is 28.9 Å². The third-order valence-corrected chi connectivity index (χ3v) is 6.02. The Hall–Kier alpha value is -3.47. The summed E-state index contributed by atoms with van der Waals surface area (Å²) in [7, 11) is 1.49. The number of benzene rings is 3. The Balaban J connectivity index is 1.68. The maximum atomic E-state index is 12.6. The van der Waals surface area contributed by atoms with E-state index in [1.807, 2.05) is 24.3 Å². The Morgan fingerprint density at radius 1 is 1.16 bits per heavy atom. The van der Waals surface area contributed by atoms with Gasteiger partial charge in [0.15, 0.2) is 0 Å². The van der Waals surface area contributed by atoms with Gasteiger partial charge in [0.2, 0.25) is 5.88 Å². The molecule has 0 saturated carbocycles. The summed E-state index contributed by atoms with van der Waals surface area (Å²) in [6.07, 6.45) is 0. The van der Waals surface area contributed by atoms with E-state index in [9.17, 15) is 10.1 Å². The third kappa shape index (κ3) is 4.03. The normalized spacial score (nSPS) is 14.8. The second kappa shape index (κ2) is 8.95. The van der Waals surface area contributed by atoms with E-state index in [0.717, 1.165) is 15.6 Å². The molecule has 0 aliphatic carbocycles. The zero-order chi connectivity index (χ0) is 22.8. The standard InChI is InChI=1S/C24H16BrClN2O4/c1-30-20-9-6-13(10-19(20)26)24(29)31-14-7-8-16-21(11-14)32-23(28)17(12-27)22(16)15-4-2-3-5-18(15)25/h2-11,22H,28H2,1H3. The lowest BCUT2D eigenvalue weighted by molar-refractivity contribution is 0.0734. The van der Waals surface area contributed by atoms with Crippen molar-refractivity contribution in [2.24, 2.45) is 5.73 Å². The van der Waals surface area contributed by atoms with Crippen molar-refractivity contribution in [3.05, 3.63) is 98.3 Å².